The summed E-state index contributed by atoms with van der Waals surface area (Å²) < 4.78 is 0. The highest BCUT2D eigenvalue weighted by molar-refractivity contribution is 5.78. The molecule has 2 N–H and O–H groups in total. The standard InChI is InChI=1S/C13H19NO2/c1-3-9-14-13(2,12(15)16)10-11-7-5-4-6-8-11/h4-8,14H,3,9-10H2,1-2H3,(H,15,16). The molecule has 0 radical (unpaired) electrons. The van der Waals surface area contributed by atoms with Crippen LogP contribution in [0.25, 0.3) is 0 Å². The summed E-state index contributed by atoms with van der Waals surface area (Å²) in [6.07, 6.45) is 1.43. The van der Waals surface area contributed by atoms with E-state index in [0.29, 0.717) is 6.42 Å². The van der Waals surface area contributed by atoms with Crippen LogP contribution in [0.2, 0.25) is 0 Å². The Kier molecular flexibility index (Phi) is 4.50. The van der Waals surface area contributed by atoms with Crippen LogP contribution >= 0.6 is 0 Å². The lowest BCUT2D eigenvalue weighted by atomic mass is 9.93. The predicted molar refractivity (Wildman–Crippen MR) is 64.5 cm³/mol. The van der Waals surface area contributed by atoms with E-state index in [1.165, 1.54) is 0 Å². The number of hydrogen-bond acceptors (Lipinski definition) is 2. The first-order valence-electron chi connectivity index (χ1n) is 5.61. The van der Waals surface area contributed by atoms with Gasteiger partial charge in [-0.3, -0.25) is 4.79 Å². The summed E-state index contributed by atoms with van der Waals surface area (Å²) >= 11 is 0. The van der Waals surface area contributed by atoms with Crippen LogP contribution in [0.5, 0.6) is 0 Å². The summed E-state index contributed by atoms with van der Waals surface area (Å²) in [5.74, 6) is -0.801. The number of aliphatic carboxylic acids is 1. The highest BCUT2D eigenvalue weighted by Gasteiger charge is 2.32. The minimum atomic E-state index is -0.878. The van der Waals surface area contributed by atoms with Crippen LogP contribution in [0.3, 0.4) is 0 Å². The Bertz CT molecular complexity index is 337. The van der Waals surface area contributed by atoms with Gasteiger partial charge < -0.3 is 10.4 Å². The van der Waals surface area contributed by atoms with Gasteiger partial charge in [0, 0.05) is 6.42 Å². The second-order valence-corrected chi connectivity index (χ2v) is 4.23. The third-order valence-corrected chi connectivity index (χ3v) is 2.64. The van der Waals surface area contributed by atoms with Crippen LogP contribution in [0.4, 0.5) is 0 Å². The zero-order valence-electron chi connectivity index (χ0n) is 9.86. The Labute approximate surface area is 96.5 Å². The number of carbonyl (C=O) groups is 1. The van der Waals surface area contributed by atoms with Crippen LogP contribution in [0, 0.1) is 0 Å². The van der Waals surface area contributed by atoms with E-state index in [9.17, 15) is 9.90 Å². The zero-order chi connectivity index (χ0) is 12.0. The molecule has 3 heteroatoms. The molecule has 0 aliphatic carbocycles. The topological polar surface area (TPSA) is 49.3 Å². The molecular weight excluding hydrogens is 202 g/mol. The van der Waals surface area contributed by atoms with Crippen LogP contribution in [0.15, 0.2) is 30.3 Å². The molecule has 1 atom stereocenters. The molecule has 1 rings (SSSR count). The van der Waals surface area contributed by atoms with Crippen LogP contribution in [0.1, 0.15) is 25.8 Å². The van der Waals surface area contributed by atoms with E-state index < -0.39 is 11.5 Å². The van der Waals surface area contributed by atoms with Crippen LogP contribution in [-0.2, 0) is 11.2 Å². The molecule has 0 fully saturated rings. The second-order valence-electron chi connectivity index (χ2n) is 4.23. The van der Waals surface area contributed by atoms with E-state index in [1.807, 2.05) is 37.3 Å². The first-order valence-corrected chi connectivity index (χ1v) is 5.61. The maximum atomic E-state index is 11.3. The van der Waals surface area contributed by atoms with Crippen molar-refractivity contribution in [2.24, 2.45) is 0 Å². The van der Waals surface area contributed by atoms with Gasteiger partial charge in [0.05, 0.1) is 0 Å². The number of carboxylic acids is 1. The Hall–Kier alpha value is -1.35. The quantitative estimate of drug-likeness (QED) is 0.773. The number of benzene rings is 1. The third-order valence-electron chi connectivity index (χ3n) is 2.64. The molecule has 1 aromatic carbocycles. The Morgan fingerprint density at radius 2 is 2.00 bits per heavy atom. The lowest BCUT2D eigenvalue weighted by Crippen LogP contribution is -2.51. The van der Waals surface area contributed by atoms with Crippen molar-refractivity contribution in [2.45, 2.75) is 32.2 Å². The molecule has 0 bridgehead atoms. The molecule has 1 unspecified atom stereocenters. The van der Waals surface area contributed by atoms with Gasteiger partial charge in [-0.05, 0) is 25.5 Å². The second kappa shape index (κ2) is 5.66. The number of carboxylic acid groups (broad SMARTS) is 1. The molecule has 0 aliphatic heterocycles. The Balaban J connectivity index is 2.75. The molecular formula is C13H19NO2. The van der Waals surface area contributed by atoms with E-state index in [-0.39, 0.29) is 0 Å². The van der Waals surface area contributed by atoms with Crippen molar-refractivity contribution < 1.29 is 9.90 Å². The molecule has 1 aromatic rings. The van der Waals surface area contributed by atoms with E-state index in [1.54, 1.807) is 6.92 Å². The van der Waals surface area contributed by atoms with Gasteiger partial charge in [-0.25, -0.2) is 0 Å². The monoisotopic (exact) mass is 221 g/mol. The molecule has 88 valence electrons. The maximum Gasteiger partial charge on any atom is 0.323 e. The third kappa shape index (κ3) is 3.35. The van der Waals surface area contributed by atoms with Crippen molar-refractivity contribution >= 4 is 5.97 Å². The van der Waals surface area contributed by atoms with Crippen molar-refractivity contribution in [3.63, 3.8) is 0 Å². The molecule has 0 heterocycles. The molecule has 0 aliphatic rings. The van der Waals surface area contributed by atoms with Crippen molar-refractivity contribution in [1.29, 1.82) is 0 Å². The predicted octanol–water partition coefficient (Wildman–Crippen LogP) is 2.07. The molecule has 3 nitrogen and oxygen atoms in total. The van der Waals surface area contributed by atoms with Gasteiger partial charge in [0.1, 0.15) is 5.54 Å². The average molecular weight is 221 g/mol. The highest BCUT2D eigenvalue weighted by atomic mass is 16.4. The zero-order valence-corrected chi connectivity index (χ0v) is 9.86. The van der Waals surface area contributed by atoms with Gasteiger partial charge >= 0.3 is 5.97 Å². The first kappa shape index (κ1) is 12.7. The van der Waals surface area contributed by atoms with E-state index in [0.717, 1.165) is 18.5 Å². The maximum absolute atomic E-state index is 11.3. The lowest BCUT2D eigenvalue weighted by Gasteiger charge is -2.26. The van der Waals surface area contributed by atoms with Crippen molar-refractivity contribution in [2.75, 3.05) is 6.54 Å². The van der Waals surface area contributed by atoms with Crippen molar-refractivity contribution in [3.8, 4) is 0 Å². The molecule has 0 aromatic heterocycles. The molecule has 0 amide bonds. The molecule has 0 saturated heterocycles. The van der Waals surface area contributed by atoms with Crippen LogP contribution < -0.4 is 5.32 Å². The normalized spacial score (nSPS) is 14.4. The summed E-state index contributed by atoms with van der Waals surface area (Å²) in [7, 11) is 0. The molecule has 16 heavy (non-hydrogen) atoms. The van der Waals surface area contributed by atoms with Gasteiger partial charge in [-0.15, -0.1) is 0 Å². The summed E-state index contributed by atoms with van der Waals surface area (Å²) in [6, 6.07) is 9.69. The molecule has 0 saturated carbocycles. The fourth-order valence-corrected chi connectivity index (χ4v) is 1.62. The van der Waals surface area contributed by atoms with Gasteiger partial charge in [0.15, 0.2) is 0 Å². The highest BCUT2D eigenvalue weighted by Crippen LogP contribution is 2.13. The number of nitrogens with one attached hydrogen (secondary N) is 1. The number of rotatable bonds is 6. The minimum absolute atomic E-state index is 0.503. The van der Waals surface area contributed by atoms with E-state index in [4.69, 9.17) is 0 Å². The Morgan fingerprint density at radius 3 is 2.50 bits per heavy atom. The van der Waals surface area contributed by atoms with Crippen LogP contribution in [-0.4, -0.2) is 23.2 Å². The minimum Gasteiger partial charge on any atom is -0.480 e. The summed E-state index contributed by atoms with van der Waals surface area (Å²) in [5, 5.41) is 12.4. The fraction of sp³-hybridized carbons (Fsp3) is 0.462. The largest absolute Gasteiger partial charge is 0.480 e. The van der Waals surface area contributed by atoms with Gasteiger partial charge in [0.25, 0.3) is 0 Å². The average Bonchev–Trinajstić information content (AvgIpc) is 2.27. The summed E-state index contributed by atoms with van der Waals surface area (Å²) in [4.78, 5) is 11.3. The SMILES string of the molecule is CCCNC(C)(Cc1ccccc1)C(=O)O. The van der Waals surface area contributed by atoms with E-state index in [2.05, 4.69) is 5.32 Å². The fourth-order valence-electron chi connectivity index (χ4n) is 1.62. The van der Waals surface area contributed by atoms with Gasteiger partial charge in [0.2, 0.25) is 0 Å². The summed E-state index contributed by atoms with van der Waals surface area (Å²) in [5.41, 5.74) is 0.160. The molecule has 0 spiro atoms. The van der Waals surface area contributed by atoms with Crippen molar-refractivity contribution in [1.82, 2.24) is 5.32 Å². The van der Waals surface area contributed by atoms with Crippen molar-refractivity contribution in [3.05, 3.63) is 35.9 Å². The van der Waals surface area contributed by atoms with Gasteiger partial charge in [-0.2, -0.15) is 0 Å². The van der Waals surface area contributed by atoms with Gasteiger partial charge in [-0.1, -0.05) is 37.3 Å². The summed E-state index contributed by atoms with van der Waals surface area (Å²) in [6.45, 7) is 4.48. The lowest BCUT2D eigenvalue weighted by molar-refractivity contribution is -0.144. The smallest absolute Gasteiger partial charge is 0.323 e. The number of hydrogen-bond donors (Lipinski definition) is 2. The first-order chi connectivity index (χ1) is 7.58. The Morgan fingerprint density at radius 1 is 1.38 bits per heavy atom. The van der Waals surface area contributed by atoms with E-state index >= 15 is 0 Å².